The molecule has 6 heteroatoms. The summed E-state index contributed by atoms with van der Waals surface area (Å²) in [5.74, 6) is 0.935. The lowest BCUT2D eigenvalue weighted by molar-refractivity contribution is 0.0958. The summed E-state index contributed by atoms with van der Waals surface area (Å²) in [5.41, 5.74) is 5.03. The third-order valence-corrected chi connectivity index (χ3v) is 5.37. The van der Waals surface area contributed by atoms with Crippen molar-refractivity contribution in [3.05, 3.63) is 76.6 Å². The number of carbonyl (C=O) groups excluding carboxylic acids is 1. The molecule has 0 fully saturated rings. The summed E-state index contributed by atoms with van der Waals surface area (Å²) in [6.07, 6.45) is 4.56. The van der Waals surface area contributed by atoms with Crippen molar-refractivity contribution in [1.29, 1.82) is 0 Å². The van der Waals surface area contributed by atoms with Crippen LogP contribution in [-0.2, 0) is 6.42 Å². The second-order valence-corrected chi connectivity index (χ2v) is 7.32. The lowest BCUT2D eigenvalue weighted by Gasteiger charge is -2.21. The Labute approximate surface area is 160 Å². The van der Waals surface area contributed by atoms with E-state index in [1.807, 2.05) is 49.5 Å². The quantitative estimate of drug-likeness (QED) is 0.500. The molecule has 0 N–H and O–H groups in total. The van der Waals surface area contributed by atoms with E-state index in [-0.39, 0.29) is 11.7 Å². The summed E-state index contributed by atoms with van der Waals surface area (Å²) in [7, 11) is 0. The highest BCUT2D eigenvalue weighted by Gasteiger charge is 2.30. The van der Waals surface area contributed by atoms with Gasteiger partial charge in [-0.25, -0.2) is 9.50 Å². The molecule has 5 rings (SSSR count). The van der Waals surface area contributed by atoms with Gasteiger partial charge in [0.1, 0.15) is 5.76 Å². The molecule has 0 aliphatic heterocycles. The van der Waals surface area contributed by atoms with Crippen molar-refractivity contribution in [2.24, 2.45) is 0 Å². The Kier molecular flexibility index (Phi) is 3.65. The maximum Gasteiger partial charge on any atom is 0.167 e. The number of rotatable bonds is 2. The fourth-order valence-corrected chi connectivity index (χ4v) is 3.95. The summed E-state index contributed by atoms with van der Waals surface area (Å²) < 4.78 is 7.23. The zero-order valence-corrected chi connectivity index (χ0v) is 15.4. The molecule has 27 heavy (non-hydrogen) atoms. The number of halogens is 1. The number of hydrogen-bond acceptors (Lipinski definition) is 4. The number of benzene rings is 1. The van der Waals surface area contributed by atoms with E-state index in [0.717, 1.165) is 33.9 Å². The normalized spacial score (nSPS) is 16.7. The highest BCUT2D eigenvalue weighted by atomic mass is 35.5. The Morgan fingerprint density at radius 2 is 2.00 bits per heavy atom. The van der Waals surface area contributed by atoms with Gasteiger partial charge in [0.05, 0.1) is 23.2 Å². The molecule has 1 atom stereocenters. The van der Waals surface area contributed by atoms with Crippen LogP contribution in [0.1, 0.15) is 39.8 Å². The third-order valence-electron chi connectivity index (χ3n) is 5.11. The second-order valence-electron chi connectivity index (χ2n) is 6.88. The maximum absolute atomic E-state index is 12.7. The minimum atomic E-state index is 0.0259. The first-order chi connectivity index (χ1) is 13.1. The maximum atomic E-state index is 12.7. The van der Waals surface area contributed by atoms with Crippen LogP contribution >= 0.6 is 11.6 Å². The van der Waals surface area contributed by atoms with E-state index in [2.05, 4.69) is 5.10 Å². The fraction of sp³-hybridized carbons (Fsp3) is 0.190. The van der Waals surface area contributed by atoms with Crippen LogP contribution in [0.25, 0.3) is 16.8 Å². The molecule has 1 aliphatic carbocycles. The van der Waals surface area contributed by atoms with Crippen molar-refractivity contribution in [2.45, 2.75) is 25.7 Å². The Morgan fingerprint density at radius 1 is 1.19 bits per heavy atom. The van der Waals surface area contributed by atoms with Crippen LogP contribution in [0.5, 0.6) is 0 Å². The predicted octanol–water partition coefficient (Wildman–Crippen LogP) is 4.86. The van der Waals surface area contributed by atoms with Gasteiger partial charge in [0.25, 0.3) is 0 Å². The molecule has 134 valence electrons. The minimum absolute atomic E-state index is 0.0259. The van der Waals surface area contributed by atoms with E-state index in [1.54, 1.807) is 10.8 Å². The van der Waals surface area contributed by atoms with Crippen molar-refractivity contribution in [1.82, 2.24) is 14.6 Å². The van der Waals surface area contributed by atoms with Gasteiger partial charge in [-0.05, 0) is 36.8 Å². The zero-order valence-electron chi connectivity index (χ0n) is 14.6. The van der Waals surface area contributed by atoms with Gasteiger partial charge in [0.2, 0.25) is 0 Å². The molecular weight excluding hydrogens is 362 g/mol. The van der Waals surface area contributed by atoms with Gasteiger partial charge in [-0.3, -0.25) is 4.79 Å². The first-order valence-corrected chi connectivity index (χ1v) is 9.19. The van der Waals surface area contributed by atoms with Crippen LogP contribution in [0, 0.1) is 6.92 Å². The first-order valence-electron chi connectivity index (χ1n) is 8.81. The molecule has 0 saturated heterocycles. The lowest BCUT2D eigenvalue weighted by atomic mass is 9.85. The van der Waals surface area contributed by atoms with Gasteiger partial charge in [0.15, 0.2) is 11.4 Å². The molecule has 0 amide bonds. The average molecular weight is 378 g/mol. The summed E-state index contributed by atoms with van der Waals surface area (Å²) in [6, 6.07) is 11.4. The molecule has 4 aromatic rings. The smallest absolute Gasteiger partial charge is 0.167 e. The number of carbonyl (C=O) groups is 1. The van der Waals surface area contributed by atoms with Crippen molar-refractivity contribution in [3.8, 4) is 11.1 Å². The van der Waals surface area contributed by atoms with Gasteiger partial charge >= 0.3 is 0 Å². The van der Waals surface area contributed by atoms with Crippen molar-refractivity contribution < 1.29 is 9.21 Å². The Bertz CT molecular complexity index is 1160. The van der Waals surface area contributed by atoms with Crippen LogP contribution in [0.2, 0.25) is 5.02 Å². The second kappa shape index (κ2) is 6.06. The molecule has 0 bridgehead atoms. The standard InChI is InChI=1S/C21H16ClN3O2/c1-12-20(13-4-6-15(22)7-5-13)21-23-17-9-14(19-3-2-8-27-19)10-18(26)16(17)11-25(21)24-12/h2-8,11,14H,9-10H2,1H3. The highest BCUT2D eigenvalue weighted by molar-refractivity contribution is 6.30. The van der Waals surface area contributed by atoms with Gasteiger partial charge in [-0.15, -0.1) is 0 Å². The SMILES string of the molecule is Cc1nn2cc3c(nc2c1-c1ccc(Cl)cc1)CC(c1ccco1)CC3=O. The largest absolute Gasteiger partial charge is 0.469 e. The van der Waals surface area contributed by atoms with E-state index in [0.29, 0.717) is 23.4 Å². The molecular formula is C21H16ClN3O2. The summed E-state index contributed by atoms with van der Waals surface area (Å²) >= 11 is 6.02. The molecule has 3 heterocycles. The van der Waals surface area contributed by atoms with Gasteiger partial charge in [-0.2, -0.15) is 5.10 Å². The van der Waals surface area contributed by atoms with Crippen LogP contribution in [0.3, 0.4) is 0 Å². The minimum Gasteiger partial charge on any atom is -0.469 e. The Balaban J connectivity index is 1.66. The number of ketones is 1. The van der Waals surface area contributed by atoms with E-state index in [4.69, 9.17) is 21.0 Å². The number of aromatic nitrogens is 3. The van der Waals surface area contributed by atoms with Crippen LogP contribution < -0.4 is 0 Å². The number of nitrogens with zero attached hydrogens (tertiary/aromatic N) is 3. The third kappa shape index (κ3) is 2.66. The zero-order chi connectivity index (χ0) is 18.5. The van der Waals surface area contributed by atoms with Crippen LogP contribution in [0.4, 0.5) is 0 Å². The van der Waals surface area contributed by atoms with E-state index < -0.39 is 0 Å². The molecule has 0 spiro atoms. The van der Waals surface area contributed by atoms with Crippen LogP contribution in [-0.4, -0.2) is 20.4 Å². The topological polar surface area (TPSA) is 60.4 Å². The average Bonchev–Trinajstić information content (AvgIpc) is 3.28. The fourth-order valence-electron chi connectivity index (χ4n) is 3.82. The molecule has 1 aliphatic rings. The summed E-state index contributed by atoms with van der Waals surface area (Å²) in [6.45, 7) is 1.95. The molecule has 0 radical (unpaired) electrons. The van der Waals surface area contributed by atoms with E-state index in [9.17, 15) is 4.79 Å². The molecule has 1 unspecified atom stereocenters. The molecule has 0 saturated carbocycles. The molecule has 1 aromatic carbocycles. The Hall–Kier alpha value is -2.92. The monoisotopic (exact) mass is 377 g/mol. The van der Waals surface area contributed by atoms with Crippen molar-refractivity contribution >= 4 is 23.0 Å². The Morgan fingerprint density at radius 3 is 2.74 bits per heavy atom. The number of furan rings is 1. The molecule has 3 aromatic heterocycles. The molecule has 5 nitrogen and oxygen atoms in total. The van der Waals surface area contributed by atoms with Gasteiger partial charge in [-0.1, -0.05) is 23.7 Å². The van der Waals surface area contributed by atoms with Crippen molar-refractivity contribution in [3.63, 3.8) is 0 Å². The summed E-state index contributed by atoms with van der Waals surface area (Å²) in [5, 5.41) is 5.26. The van der Waals surface area contributed by atoms with E-state index in [1.165, 1.54) is 0 Å². The van der Waals surface area contributed by atoms with Crippen molar-refractivity contribution in [2.75, 3.05) is 0 Å². The first kappa shape index (κ1) is 16.3. The number of aryl methyl sites for hydroxylation is 1. The van der Waals surface area contributed by atoms with Crippen LogP contribution in [0.15, 0.2) is 53.3 Å². The number of hydrogen-bond donors (Lipinski definition) is 0. The van der Waals surface area contributed by atoms with E-state index >= 15 is 0 Å². The predicted molar refractivity (Wildman–Crippen MR) is 102 cm³/mol. The summed E-state index contributed by atoms with van der Waals surface area (Å²) in [4.78, 5) is 17.5. The number of fused-ring (bicyclic) bond motifs is 2. The number of Topliss-reactive ketones (excluding diaryl/α,β-unsaturated/α-hetero) is 1. The van der Waals surface area contributed by atoms with Gasteiger partial charge < -0.3 is 4.42 Å². The lowest BCUT2D eigenvalue weighted by Crippen LogP contribution is -2.21. The highest BCUT2D eigenvalue weighted by Crippen LogP contribution is 2.34. The van der Waals surface area contributed by atoms with Gasteiger partial charge in [0, 0.05) is 35.5 Å².